The Morgan fingerprint density at radius 3 is 2.02 bits per heavy atom. The first-order chi connectivity index (χ1) is 19.9. The average Bonchev–Trinajstić information content (AvgIpc) is 2.98. The van der Waals surface area contributed by atoms with Gasteiger partial charge >= 0.3 is 20.7 Å². The van der Waals surface area contributed by atoms with E-state index in [0.29, 0.717) is 49.1 Å². The molecule has 0 amide bonds. The molecule has 0 saturated carbocycles. The van der Waals surface area contributed by atoms with Crippen molar-refractivity contribution < 1.29 is 41.8 Å². The molecule has 2 rings (SSSR count). The van der Waals surface area contributed by atoms with Crippen molar-refractivity contribution in [3.8, 4) is 17.2 Å². The third-order valence-electron chi connectivity index (χ3n) is 6.08. The zero-order valence-corrected chi connectivity index (χ0v) is 25.9. The summed E-state index contributed by atoms with van der Waals surface area (Å²) in [5.74, 6) is 0.351. The number of hydrogen-bond donors (Lipinski definition) is 0. The van der Waals surface area contributed by atoms with E-state index in [2.05, 4.69) is 4.74 Å². The highest BCUT2D eigenvalue weighted by Crippen LogP contribution is 2.29. The molecule has 0 aliphatic carbocycles. The molecular formula is C31H44O9Si. The fourth-order valence-corrected chi connectivity index (χ4v) is 6.80. The monoisotopic (exact) mass is 588 g/mol. The predicted molar refractivity (Wildman–Crippen MR) is 159 cm³/mol. The fraction of sp³-hybridized carbons (Fsp3) is 0.484. The molecule has 0 bridgehead atoms. The molecule has 2 aromatic carbocycles. The minimum Gasteiger partial charge on any atom is -0.494 e. The van der Waals surface area contributed by atoms with Crippen LogP contribution in [0, 0.1) is 0 Å². The maximum Gasteiger partial charge on any atom is 0.500 e. The summed E-state index contributed by atoms with van der Waals surface area (Å²) in [6, 6.07) is 12.7. The number of rotatable bonds is 20. The summed E-state index contributed by atoms with van der Waals surface area (Å²) in [7, 11) is 0.240. The smallest absolute Gasteiger partial charge is 0.494 e. The van der Waals surface area contributed by atoms with Gasteiger partial charge in [-0.1, -0.05) is 25.3 Å². The summed E-state index contributed by atoms with van der Waals surface area (Å²) in [5, 5.41) is 0. The molecule has 0 aliphatic heterocycles. The van der Waals surface area contributed by atoms with Crippen LogP contribution < -0.4 is 14.2 Å². The van der Waals surface area contributed by atoms with E-state index in [1.54, 1.807) is 48.5 Å². The molecule has 0 radical (unpaired) electrons. The summed E-state index contributed by atoms with van der Waals surface area (Å²) in [4.78, 5) is 24.0. The molecule has 0 unspecified atom stereocenters. The largest absolute Gasteiger partial charge is 0.500 e. The topological polar surface area (TPSA) is 98.8 Å². The molecule has 9 nitrogen and oxygen atoms in total. The summed E-state index contributed by atoms with van der Waals surface area (Å²) >= 11 is 0. The van der Waals surface area contributed by atoms with E-state index in [0.717, 1.165) is 38.1 Å². The van der Waals surface area contributed by atoms with Gasteiger partial charge in [-0.3, -0.25) is 0 Å². The number of ether oxygens (including phenoxy) is 4. The number of hydrogen-bond acceptors (Lipinski definition) is 9. The Morgan fingerprint density at radius 2 is 1.41 bits per heavy atom. The maximum absolute atomic E-state index is 12.7. The normalized spacial score (nSPS) is 11.4. The van der Waals surface area contributed by atoms with Gasteiger partial charge < -0.3 is 32.2 Å². The van der Waals surface area contributed by atoms with Gasteiger partial charge in [0.05, 0.1) is 26.4 Å². The van der Waals surface area contributed by atoms with E-state index in [-0.39, 0.29) is 5.75 Å². The quantitative estimate of drug-likeness (QED) is 0.0566. The average molecular weight is 589 g/mol. The van der Waals surface area contributed by atoms with Crippen molar-refractivity contribution in [3.63, 3.8) is 0 Å². The van der Waals surface area contributed by atoms with Crippen LogP contribution in [0.2, 0.25) is 6.04 Å². The van der Waals surface area contributed by atoms with E-state index < -0.39 is 20.7 Å². The molecule has 0 aliphatic rings. The van der Waals surface area contributed by atoms with E-state index in [4.69, 9.17) is 27.5 Å². The van der Waals surface area contributed by atoms with Gasteiger partial charge in [0.2, 0.25) is 0 Å². The Morgan fingerprint density at radius 1 is 0.780 bits per heavy atom. The van der Waals surface area contributed by atoms with Crippen LogP contribution in [0.25, 0.3) is 6.08 Å². The molecule has 2 aromatic rings. The second kappa shape index (κ2) is 19.0. The van der Waals surface area contributed by atoms with Crippen molar-refractivity contribution in [2.24, 2.45) is 0 Å². The van der Waals surface area contributed by atoms with E-state index in [1.165, 1.54) is 20.3 Å². The van der Waals surface area contributed by atoms with Crippen molar-refractivity contribution in [1.29, 1.82) is 0 Å². The van der Waals surface area contributed by atoms with E-state index in [9.17, 15) is 9.59 Å². The van der Waals surface area contributed by atoms with Gasteiger partial charge in [0, 0.05) is 31.9 Å². The van der Waals surface area contributed by atoms with Crippen molar-refractivity contribution in [3.05, 3.63) is 59.7 Å². The molecule has 0 aromatic heterocycles. The van der Waals surface area contributed by atoms with Gasteiger partial charge in [-0.25, -0.2) is 9.59 Å². The van der Waals surface area contributed by atoms with Gasteiger partial charge in [-0.15, -0.1) is 0 Å². The lowest BCUT2D eigenvalue weighted by Gasteiger charge is -2.28. The molecular weight excluding hydrogens is 544 g/mol. The van der Waals surface area contributed by atoms with Gasteiger partial charge in [0.15, 0.2) is 11.5 Å². The zero-order chi connectivity index (χ0) is 29.9. The van der Waals surface area contributed by atoms with Gasteiger partial charge in [-0.2, -0.15) is 0 Å². The third-order valence-corrected chi connectivity index (χ3v) is 9.23. The highest BCUT2D eigenvalue weighted by molar-refractivity contribution is 6.60. The SMILES string of the molecule is CCO[Si](CCCCCCCOc1ccc(C(=O)Oc2ccc(/C=C/C(=O)OC)cc2OC)cc1)(OCC)OCC. The number of unbranched alkanes of at least 4 members (excludes halogenated alkanes) is 4. The Labute approximate surface area is 245 Å². The predicted octanol–water partition coefficient (Wildman–Crippen LogP) is 6.48. The maximum atomic E-state index is 12.7. The zero-order valence-electron chi connectivity index (χ0n) is 24.9. The van der Waals surface area contributed by atoms with Crippen LogP contribution in [0.1, 0.15) is 68.8 Å². The number of methoxy groups -OCH3 is 2. The Balaban J connectivity index is 1.75. The van der Waals surface area contributed by atoms with Crippen LogP contribution in [0.4, 0.5) is 0 Å². The number of carbonyl (C=O) groups excluding carboxylic acids is 2. The van der Waals surface area contributed by atoms with Crippen LogP contribution >= 0.6 is 0 Å². The van der Waals surface area contributed by atoms with Gasteiger partial charge in [0.25, 0.3) is 0 Å². The molecule has 0 fully saturated rings. The van der Waals surface area contributed by atoms with Gasteiger partial charge in [-0.05, 0) is 81.7 Å². The minimum absolute atomic E-state index is 0.273. The molecule has 0 N–H and O–H groups in total. The highest BCUT2D eigenvalue weighted by Gasteiger charge is 2.39. The van der Waals surface area contributed by atoms with Crippen LogP contribution in [-0.4, -0.2) is 61.4 Å². The second-order valence-electron chi connectivity index (χ2n) is 9.03. The highest BCUT2D eigenvalue weighted by atomic mass is 28.4. The number of carbonyl (C=O) groups is 2. The second-order valence-corrected chi connectivity index (χ2v) is 11.8. The van der Waals surface area contributed by atoms with Crippen LogP contribution in [0.5, 0.6) is 17.2 Å². The van der Waals surface area contributed by atoms with E-state index in [1.807, 2.05) is 20.8 Å². The van der Waals surface area contributed by atoms with Crippen LogP contribution in [-0.2, 0) is 22.8 Å². The first kappa shape index (κ1) is 34.0. The molecule has 0 spiro atoms. The Kier molecular flexibility index (Phi) is 15.8. The molecule has 41 heavy (non-hydrogen) atoms. The summed E-state index contributed by atoms with van der Waals surface area (Å²) in [6.07, 6.45) is 8.11. The first-order valence-electron chi connectivity index (χ1n) is 14.2. The fourth-order valence-electron chi connectivity index (χ4n) is 4.12. The molecule has 10 heteroatoms. The first-order valence-corrected chi connectivity index (χ1v) is 16.1. The third kappa shape index (κ3) is 12.1. The van der Waals surface area contributed by atoms with Crippen LogP contribution in [0.15, 0.2) is 48.5 Å². The van der Waals surface area contributed by atoms with Crippen molar-refractivity contribution >= 4 is 26.8 Å². The summed E-state index contributed by atoms with van der Waals surface area (Å²) in [5.41, 5.74) is 1.09. The lowest BCUT2D eigenvalue weighted by molar-refractivity contribution is -0.134. The van der Waals surface area contributed by atoms with Crippen molar-refractivity contribution in [2.75, 3.05) is 40.6 Å². The molecule has 0 saturated heterocycles. The number of benzene rings is 2. The summed E-state index contributed by atoms with van der Waals surface area (Å²) < 4.78 is 39.1. The minimum atomic E-state index is -2.55. The summed E-state index contributed by atoms with van der Waals surface area (Å²) in [6.45, 7) is 8.35. The lowest BCUT2D eigenvalue weighted by Crippen LogP contribution is -2.45. The van der Waals surface area contributed by atoms with Crippen LogP contribution in [0.3, 0.4) is 0 Å². The van der Waals surface area contributed by atoms with Crippen molar-refractivity contribution in [2.45, 2.75) is 58.9 Å². The molecule has 0 atom stereocenters. The Bertz CT molecular complexity index is 1070. The Hall–Kier alpha value is -3.18. The molecule has 226 valence electrons. The van der Waals surface area contributed by atoms with E-state index >= 15 is 0 Å². The van der Waals surface area contributed by atoms with Crippen molar-refractivity contribution in [1.82, 2.24) is 0 Å². The molecule has 0 heterocycles. The standard InChI is InChI=1S/C31H44O9Si/c1-6-37-41(38-7-2,39-8-3)23-13-11-9-10-12-22-36-27-18-16-26(17-19-27)31(33)40-28-20-14-25(24-29(28)34-4)15-21-30(32)35-5/h14-21,24H,6-13,22-23H2,1-5H3/b21-15+. The van der Waals surface area contributed by atoms with Gasteiger partial charge in [0.1, 0.15) is 5.75 Å². The number of esters is 2. The lowest BCUT2D eigenvalue weighted by atomic mass is 10.1.